The van der Waals surface area contributed by atoms with Gasteiger partial charge in [-0.15, -0.1) is 11.8 Å². The molecule has 0 atom stereocenters. The molecule has 0 radical (unpaired) electrons. The van der Waals surface area contributed by atoms with Gasteiger partial charge in [0.1, 0.15) is 0 Å². The molecule has 3 heteroatoms. The molecule has 0 aliphatic heterocycles. The van der Waals surface area contributed by atoms with Crippen molar-refractivity contribution in [2.24, 2.45) is 0 Å². The van der Waals surface area contributed by atoms with E-state index in [9.17, 15) is 0 Å². The van der Waals surface area contributed by atoms with E-state index in [4.69, 9.17) is 0 Å². The molecule has 0 aromatic heterocycles. The first-order valence-corrected chi connectivity index (χ1v) is 8.71. The molecule has 0 unspecified atom stereocenters. The zero-order chi connectivity index (χ0) is 14.5. The third-order valence-corrected chi connectivity index (χ3v) is 5.01. The first kappa shape index (κ1) is 14.5. The van der Waals surface area contributed by atoms with Crippen molar-refractivity contribution in [3.8, 4) is 0 Å². The number of fused-ring (bicyclic) bond motifs is 1. The van der Waals surface area contributed by atoms with E-state index in [1.54, 1.807) is 0 Å². The van der Waals surface area contributed by atoms with Crippen LogP contribution in [0.2, 0.25) is 0 Å². The van der Waals surface area contributed by atoms with Gasteiger partial charge in [0.05, 0.1) is 0 Å². The van der Waals surface area contributed by atoms with Crippen LogP contribution in [0.15, 0.2) is 76.1 Å². The van der Waals surface area contributed by atoms with Crippen LogP contribution in [0, 0.1) is 0 Å². The first-order chi connectivity index (χ1) is 10.3. The minimum absolute atomic E-state index is 0.950. The number of hydrogen-bond acceptors (Lipinski definition) is 2. The quantitative estimate of drug-likeness (QED) is 0.456. The average Bonchev–Trinajstić information content (AvgIpc) is 2.55. The van der Waals surface area contributed by atoms with Gasteiger partial charge in [-0.2, -0.15) is 0 Å². The highest BCUT2D eigenvalue weighted by atomic mass is 79.9. The fourth-order valence-corrected chi connectivity index (χ4v) is 3.56. The lowest BCUT2D eigenvalue weighted by atomic mass is 10.1. The van der Waals surface area contributed by atoms with Crippen LogP contribution < -0.4 is 5.32 Å². The van der Waals surface area contributed by atoms with Crippen LogP contribution in [0.5, 0.6) is 0 Å². The standard InChI is InChI=1S/C18H16BrNS/c19-17-10-11-18(16-9-5-4-8-15(16)17)20-12-13-21-14-6-2-1-3-7-14/h1-11,20H,12-13H2. The summed E-state index contributed by atoms with van der Waals surface area (Å²) in [5, 5.41) is 6.05. The number of halogens is 1. The summed E-state index contributed by atoms with van der Waals surface area (Å²) in [6, 6.07) is 23.2. The van der Waals surface area contributed by atoms with E-state index >= 15 is 0 Å². The molecule has 106 valence electrons. The third-order valence-electron chi connectivity index (χ3n) is 3.30. The number of thioether (sulfide) groups is 1. The van der Waals surface area contributed by atoms with Crippen molar-refractivity contribution in [1.82, 2.24) is 0 Å². The molecule has 0 bridgehead atoms. The van der Waals surface area contributed by atoms with Crippen LogP contribution >= 0.6 is 27.7 Å². The first-order valence-electron chi connectivity index (χ1n) is 6.93. The highest BCUT2D eigenvalue weighted by molar-refractivity contribution is 9.10. The molecule has 21 heavy (non-hydrogen) atoms. The van der Waals surface area contributed by atoms with Gasteiger partial charge in [-0.1, -0.05) is 58.4 Å². The van der Waals surface area contributed by atoms with Gasteiger partial charge in [0.15, 0.2) is 0 Å². The normalized spacial score (nSPS) is 10.7. The van der Waals surface area contributed by atoms with Gasteiger partial charge in [-0.3, -0.25) is 0 Å². The highest BCUT2D eigenvalue weighted by Gasteiger charge is 2.03. The molecule has 1 nitrogen and oxygen atoms in total. The van der Waals surface area contributed by atoms with Crippen molar-refractivity contribution < 1.29 is 0 Å². The second-order valence-electron chi connectivity index (χ2n) is 4.73. The summed E-state index contributed by atoms with van der Waals surface area (Å²) < 4.78 is 1.14. The molecule has 0 amide bonds. The Morgan fingerprint density at radius 3 is 2.33 bits per heavy atom. The number of hydrogen-bond donors (Lipinski definition) is 1. The summed E-state index contributed by atoms with van der Waals surface area (Å²) >= 11 is 5.49. The molecule has 3 aromatic rings. The summed E-state index contributed by atoms with van der Waals surface area (Å²) in [6.45, 7) is 0.950. The number of anilines is 1. The van der Waals surface area contributed by atoms with Crippen LogP contribution in [-0.4, -0.2) is 12.3 Å². The second kappa shape index (κ2) is 7.01. The lowest BCUT2D eigenvalue weighted by Gasteiger charge is -2.11. The highest BCUT2D eigenvalue weighted by Crippen LogP contribution is 2.30. The Hall–Kier alpha value is -1.45. The van der Waals surface area contributed by atoms with Crippen LogP contribution in [0.1, 0.15) is 0 Å². The van der Waals surface area contributed by atoms with E-state index in [1.807, 2.05) is 11.8 Å². The van der Waals surface area contributed by atoms with Crippen LogP contribution in [0.4, 0.5) is 5.69 Å². The van der Waals surface area contributed by atoms with Gasteiger partial charge >= 0.3 is 0 Å². The van der Waals surface area contributed by atoms with Gasteiger partial charge in [0.2, 0.25) is 0 Å². The fourth-order valence-electron chi connectivity index (χ4n) is 2.29. The Morgan fingerprint density at radius 2 is 1.52 bits per heavy atom. The lowest BCUT2D eigenvalue weighted by molar-refractivity contribution is 1.23. The average molecular weight is 358 g/mol. The van der Waals surface area contributed by atoms with E-state index in [0.717, 1.165) is 16.8 Å². The Labute approximate surface area is 137 Å². The van der Waals surface area contributed by atoms with Crippen molar-refractivity contribution in [2.75, 3.05) is 17.6 Å². The zero-order valence-electron chi connectivity index (χ0n) is 11.6. The van der Waals surface area contributed by atoms with Crippen LogP contribution in [0.3, 0.4) is 0 Å². The zero-order valence-corrected chi connectivity index (χ0v) is 14.0. The molecule has 0 saturated carbocycles. The van der Waals surface area contributed by atoms with Crippen molar-refractivity contribution in [3.05, 3.63) is 71.2 Å². The minimum atomic E-state index is 0.950. The summed E-state index contributed by atoms with van der Waals surface area (Å²) in [7, 11) is 0. The maximum atomic E-state index is 3.61. The molecular formula is C18H16BrNS. The second-order valence-corrected chi connectivity index (χ2v) is 6.75. The molecule has 0 saturated heterocycles. The lowest BCUT2D eigenvalue weighted by Crippen LogP contribution is -2.04. The van der Waals surface area contributed by atoms with Crippen LogP contribution in [0.25, 0.3) is 10.8 Å². The van der Waals surface area contributed by atoms with E-state index in [2.05, 4.69) is 88.0 Å². The van der Waals surface area contributed by atoms with Crippen LogP contribution in [-0.2, 0) is 0 Å². The molecule has 0 heterocycles. The summed E-state index contributed by atoms with van der Waals surface area (Å²) in [4.78, 5) is 1.32. The SMILES string of the molecule is Brc1ccc(NCCSc2ccccc2)c2ccccc12. The maximum absolute atomic E-state index is 3.61. The number of rotatable bonds is 5. The largest absolute Gasteiger partial charge is 0.384 e. The fraction of sp³-hybridized carbons (Fsp3) is 0.111. The molecule has 3 aromatic carbocycles. The predicted octanol–water partition coefficient (Wildman–Crippen LogP) is 5.81. The van der Waals surface area contributed by atoms with E-state index in [-0.39, 0.29) is 0 Å². The van der Waals surface area contributed by atoms with E-state index in [1.165, 1.54) is 21.4 Å². The van der Waals surface area contributed by atoms with Gasteiger partial charge in [-0.05, 0) is 29.7 Å². The molecule has 0 spiro atoms. The molecule has 0 aliphatic rings. The van der Waals surface area contributed by atoms with Crippen molar-refractivity contribution in [2.45, 2.75) is 4.90 Å². The molecule has 3 rings (SSSR count). The van der Waals surface area contributed by atoms with Gasteiger partial charge < -0.3 is 5.32 Å². The maximum Gasteiger partial charge on any atom is 0.0420 e. The van der Waals surface area contributed by atoms with Crippen molar-refractivity contribution in [3.63, 3.8) is 0 Å². The smallest absolute Gasteiger partial charge is 0.0420 e. The van der Waals surface area contributed by atoms with E-state index < -0.39 is 0 Å². The Kier molecular flexibility index (Phi) is 4.84. The van der Waals surface area contributed by atoms with Gasteiger partial charge in [0, 0.05) is 32.7 Å². The number of benzene rings is 3. The van der Waals surface area contributed by atoms with Gasteiger partial charge in [0.25, 0.3) is 0 Å². The van der Waals surface area contributed by atoms with E-state index in [0.29, 0.717) is 0 Å². The summed E-state index contributed by atoms with van der Waals surface area (Å²) in [6.07, 6.45) is 0. The monoisotopic (exact) mass is 357 g/mol. The Bertz CT molecular complexity index is 728. The molecule has 0 aliphatic carbocycles. The Morgan fingerprint density at radius 1 is 0.810 bits per heavy atom. The third kappa shape index (κ3) is 3.60. The minimum Gasteiger partial charge on any atom is -0.384 e. The topological polar surface area (TPSA) is 12.0 Å². The molecule has 1 N–H and O–H groups in total. The Balaban J connectivity index is 1.65. The summed E-state index contributed by atoms with van der Waals surface area (Å²) in [5.41, 5.74) is 1.20. The number of nitrogens with one attached hydrogen (secondary N) is 1. The van der Waals surface area contributed by atoms with Crippen molar-refractivity contribution >= 4 is 44.2 Å². The molecular weight excluding hydrogens is 342 g/mol. The van der Waals surface area contributed by atoms with Gasteiger partial charge in [-0.25, -0.2) is 0 Å². The molecule has 0 fully saturated rings. The summed E-state index contributed by atoms with van der Waals surface area (Å²) in [5.74, 6) is 1.05. The predicted molar refractivity (Wildman–Crippen MR) is 97.3 cm³/mol. The van der Waals surface area contributed by atoms with Crippen molar-refractivity contribution in [1.29, 1.82) is 0 Å².